The van der Waals surface area contributed by atoms with Gasteiger partial charge in [0, 0.05) is 22.2 Å². The van der Waals surface area contributed by atoms with Crippen molar-refractivity contribution in [3.05, 3.63) is 57.5 Å². The number of anilines is 1. The summed E-state index contributed by atoms with van der Waals surface area (Å²) in [5, 5.41) is 3.13. The molecule has 0 heterocycles. The first-order valence-corrected chi connectivity index (χ1v) is 9.59. The lowest BCUT2D eigenvalue weighted by atomic mass is 10.2. The monoisotopic (exact) mass is 430 g/mol. The van der Waals surface area contributed by atoms with Crippen molar-refractivity contribution in [3.63, 3.8) is 0 Å². The maximum Gasteiger partial charge on any atom is 0.243 e. The van der Waals surface area contributed by atoms with Crippen LogP contribution in [-0.4, -0.2) is 32.2 Å². The number of carbonyl (C=O) groups excluding carboxylic acids is 1. The third-order valence-corrected chi connectivity index (χ3v) is 6.29. The first-order valence-electron chi connectivity index (χ1n) is 6.98. The summed E-state index contributed by atoms with van der Waals surface area (Å²) in [5.74, 6) is -0.420. The van der Waals surface area contributed by atoms with Gasteiger partial charge in [0.15, 0.2) is 0 Å². The number of nitrogens with one attached hydrogen (secondary N) is 1. The summed E-state index contributed by atoms with van der Waals surface area (Å²) in [7, 11) is -2.39. The van der Waals surface area contributed by atoms with Gasteiger partial charge in [0.25, 0.3) is 0 Å². The average Bonchev–Trinajstić information content (AvgIpc) is 2.51. The highest BCUT2D eigenvalue weighted by molar-refractivity contribution is 9.10. The lowest BCUT2D eigenvalue weighted by Crippen LogP contribution is -2.34. The Morgan fingerprint density at radius 2 is 1.83 bits per heavy atom. The molecule has 5 nitrogen and oxygen atoms in total. The Morgan fingerprint density at radius 3 is 2.42 bits per heavy atom. The van der Waals surface area contributed by atoms with Gasteiger partial charge in [-0.05, 0) is 55.0 Å². The molecule has 2 rings (SSSR count). The van der Waals surface area contributed by atoms with Crippen LogP contribution < -0.4 is 5.32 Å². The molecule has 0 aromatic heterocycles. The molecule has 0 radical (unpaired) electrons. The minimum atomic E-state index is -3.75. The highest BCUT2D eigenvalue weighted by Gasteiger charge is 2.22. The van der Waals surface area contributed by atoms with E-state index in [1.807, 2.05) is 13.0 Å². The molecule has 2 aromatic carbocycles. The zero-order valence-corrected chi connectivity index (χ0v) is 16.2. The zero-order valence-electron chi connectivity index (χ0n) is 13.1. The molecule has 0 atom stereocenters. The number of rotatable bonds is 5. The molecule has 128 valence electrons. The van der Waals surface area contributed by atoms with Crippen LogP contribution in [-0.2, 0) is 14.8 Å². The molecular formula is C16H16BrClN2O3S. The van der Waals surface area contributed by atoms with E-state index in [1.54, 1.807) is 12.1 Å². The quantitative estimate of drug-likeness (QED) is 0.785. The summed E-state index contributed by atoms with van der Waals surface area (Å²) in [4.78, 5) is 12.2. The molecule has 0 aliphatic heterocycles. The normalized spacial score (nSPS) is 11.5. The molecule has 0 saturated carbocycles. The molecule has 1 amide bonds. The molecule has 0 spiro atoms. The number of hydrogen-bond donors (Lipinski definition) is 1. The van der Waals surface area contributed by atoms with E-state index in [0.717, 1.165) is 14.3 Å². The molecule has 0 saturated heterocycles. The van der Waals surface area contributed by atoms with E-state index < -0.39 is 15.9 Å². The second kappa shape index (κ2) is 7.65. The molecule has 0 bridgehead atoms. The summed E-state index contributed by atoms with van der Waals surface area (Å²) in [5.41, 5.74) is 1.58. The van der Waals surface area contributed by atoms with Crippen LogP contribution in [0.25, 0.3) is 0 Å². The number of halogens is 2. The fraction of sp³-hybridized carbons (Fsp3) is 0.188. The second-order valence-electron chi connectivity index (χ2n) is 5.23. The van der Waals surface area contributed by atoms with Gasteiger partial charge >= 0.3 is 0 Å². The van der Waals surface area contributed by atoms with Crippen molar-refractivity contribution in [1.29, 1.82) is 0 Å². The minimum Gasteiger partial charge on any atom is -0.325 e. The summed E-state index contributed by atoms with van der Waals surface area (Å²) in [6, 6.07) is 11.2. The van der Waals surface area contributed by atoms with Crippen LogP contribution in [0, 0.1) is 6.92 Å². The molecule has 2 aromatic rings. The van der Waals surface area contributed by atoms with Gasteiger partial charge in [0.2, 0.25) is 15.9 Å². The Kier molecular flexibility index (Phi) is 6.03. The van der Waals surface area contributed by atoms with Crippen LogP contribution in [0.3, 0.4) is 0 Å². The van der Waals surface area contributed by atoms with Crippen molar-refractivity contribution in [2.75, 3.05) is 18.9 Å². The molecule has 0 aliphatic carbocycles. The molecule has 0 unspecified atom stereocenters. The summed E-state index contributed by atoms with van der Waals surface area (Å²) in [6.07, 6.45) is 0. The SMILES string of the molecule is Cc1cc(NC(=O)CN(C)S(=O)(=O)c2ccc(Cl)cc2)ccc1Br. The van der Waals surface area contributed by atoms with Gasteiger partial charge < -0.3 is 5.32 Å². The van der Waals surface area contributed by atoms with Gasteiger partial charge in [-0.3, -0.25) is 4.79 Å². The Bertz CT molecular complexity index is 854. The van der Waals surface area contributed by atoms with Crippen LogP contribution in [0.4, 0.5) is 5.69 Å². The summed E-state index contributed by atoms with van der Waals surface area (Å²) >= 11 is 9.15. The van der Waals surface area contributed by atoms with E-state index in [2.05, 4.69) is 21.2 Å². The van der Waals surface area contributed by atoms with Crippen molar-refractivity contribution >= 4 is 49.1 Å². The van der Waals surface area contributed by atoms with Crippen molar-refractivity contribution in [1.82, 2.24) is 4.31 Å². The van der Waals surface area contributed by atoms with E-state index in [0.29, 0.717) is 10.7 Å². The third-order valence-electron chi connectivity index (χ3n) is 3.33. The number of amides is 1. The predicted octanol–water partition coefficient (Wildman–Crippen LogP) is 3.67. The Labute approximate surface area is 154 Å². The van der Waals surface area contributed by atoms with E-state index in [9.17, 15) is 13.2 Å². The number of carbonyl (C=O) groups is 1. The van der Waals surface area contributed by atoms with Gasteiger partial charge in [-0.25, -0.2) is 8.42 Å². The molecule has 0 fully saturated rings. The Balaban J connectivity index is 2.07. The smallest absolute Gasteiger partial charge is 0.243 e. The molecular weight excluding hydrogens is 416 g/mol. The number of hydrogen-bond acceptors (Lipinski definition) is 3. The molecule has 24 heavy (non-hydrogen) atoms. The van der Waals surface area contributed by atoms with Crippen LogP contribution >= 0.6 is 27.5 Å². The summed E-state index contributed by atoms with van der Waals surface area (Å²) in [6.45, 7) is 1.61. The fourth-order valence-electron chi connectivity index (χ4n) is 2.00. The predicted molar refractivity (Wildman–Crippen MR) is 98.8 cm³/mol. The Morgan fingerprint density at radius 1 is 1.21 bits per heavy atom. The molecule has 1 N–H and O–H groups in total. The van der Waals surface area contributed by atoms with Crippen LogP contribution in [0.15, 0.2) is 51.8 Å². The second-order valence-corrected chi connectivity index (χ2v) is 8.56. The van der Waals surface area contributed by atoms with Crippen molar-refractivity contribution in [3.8, 4) is 0 Å². The van der Waals surface area contributed by atoms with Crippen LogP contribution in [0.1, 0.15) is 5.56 Å². The standard InChI is InChI=1S/C16H16BrClN2O3S/c1-11-9-13(5-8-15(11)17)19-16(21)10-20(2)24(22,23)14-6-3-12(18)4-7-14/h3-9H,10H2,1-2H3,(H,19,21). The molecule has 0 aliphatic rings. The Hall–Kier alpha value is -1.41. The number of likely N-dealkylation sites (N-methyl/N-ethyl adjacent to an activating group) is 1. The van der Waals surface area contributed by atoms with Gasteiger partial charge in [0.05, 0.1) is 11.4 Å². The lowest BCUT2D eigenvalue weighted by molar-refractivity contribution is -0.116. The average molecular weight is 432 g/mol. The summed E-state index contributed by atoms with van der Waals surface area (Å²) < 4.78 is 26.8. The van der Waals surface area contributed by atoms with Crippen molar-refractivity contribution in [2.45, 2.75) is 11.8 Å². The molecule has 8 heteroatoms. The number of sulfonamides is 1. The highest BCUT2D eigenvalue weighted by atomic mass is 79.9. The van der Waals surface area contributed by atoms with E-state index in [4.69, 9.17) is 11.6 Å². The van der Waals surface area contributed by atoms with Crippen LogP contribution in [0.2, 0.25) is 5.02 Å². The first kappa shape index (κ1) is 18.9. The zero-order chi connectivity index (χ0) is 17.9. The van der Waals surface area contributed by atoms with Crippen molar-refractivity contribution < 1.29 is 13.2 Å². The van der Waals surface area contributed by atoms with Gasteiger partial charge in [-0.1, -0.05) is 27.5 Å². The van der Waals surface area contributed by atoms with Gasteiger partial charge in [-0.15, -0.1) is 0 Å². The maximum atomic E-state index is 12.4. The van der Waals surface area contributed by atoms with E-state index in [-0.39, 0.29) is 11.4 Å². The number of aryl methyl sites for hydroxylation is 1. The minimum absolute atomic E-state index is 0.0849. The van der Waals surface area contributed by atoms with Gasteiger partial charge in [0.1, 0.15) is 0 Å². The third kappa shape index (κ3) is 4.57. The van der Waals surface area contributed by atoms with Crippen LogP contribution in [0.5, 0.6) is 0 Å². The maximum absolute atomic E-state index is 12.4. The van der Waals surface area contributed by atoms with Gasteiger partial charge in [-0.2, -0.15) is 4.31 Å². The highest BCUT2D eigenvalue weighted by Crippen LogP contribution is 2.20. The van der Waals surface area contributed by atoms with E-state index in [1.165, 1.54) is 31.3 Å². The largest absolute Gasteiger partial charge is 0.325 e. The van der Waals surface area contributed by atoms with Crippen molar-refractivity contribution in [2.24, 2.45) is 0 Å². The number of nitrogens with zero attached hydrogens (tertiary/aromatic N) is 1. The topological polar surface area (TPSA) is 66.5 Å². The van der Waals surface area contributed by atoms with E-state index >= 15 is 0 Å². The lowest BCUT2D eigenvalue weighted by Gasteiger charge is -2.17. The fourth-order valence-corrected chi connectivity index (χ4v) is 3.50. The number of benzene rings is 2. The first-order chi connectivity index (χ1) is 11.2.